The molecule has 1 saturated heterocycles. The average molecular weight is 488 g/mol. The number of anilines is 2. The van der Waals surface area contributed by atoms with Gasteiger partial charge in [0.2, 0.25) is 5.91 Å². The molecule has 35 heavy (non-hydrogen) atoms. The fraction of sp³-hybridized carbons (Fsp3) is 0.296. The maximum atomic E-state index is 12.6. The third kappa shape index (κ3) is 4.90. The van der Waals surface area contributed by atoms with Crippen LogP contribution in [0.4, 0.5) is 11.4 Å². The minimum atomic E-state index is -0.177. The molecule has 1 fully saturated rings. The lowest BCUT2D eigenvalue weighted by molar-refractivity contribution is -0.120. The number of fused-ring (bicyclic) bond motifs is 1. The Kier molecular flexibility index (Phi) is 6.74. The lowest BCUT2D eigenvalue weighted by Crippen LogP contribution is -2.37. The number of likely N-dealkylation sites (tertiary alicyclic amines) is 1. The molecule has 1 atom stereocenters. The number of hydrogen-bond acceptors (Lipinski definition) is 6. The van der Waals surface area contributed by atoms with Crippen molar-refractivity contribution in [1.82, 2.24) is 10.3 Å². The molecule has 0 aliphatic carbocycles. The summed E-state index contributed by atoms with van der Waals surface area (Å²) in [6.45, 7) is 3.04. The highest BCUT2D eigenvalue weighted by Crippen LogP contribution is 2.42. The van der Waals surface area contributed by atoms with Gasteiger partial charge in [-0.2, -0.15) is 5.10 Å². The minimum absolute atomic E-state index is 0.0519. The molecule has 0 saturated carbocycles. The molecule has 3 heterocycles. The highest BCUT2D eigenvalue weighted by atomic mass is 32.2. The monoisotopic (exact) mass is 487 g/mol. The Labute approximate surface area is 209 Å². The summed E-state index contributed by atoms with van der Waals surface area (Å²) in [5, 5.41) is 10.7. The number of amides is 2. The van der Waals surface area contributed by atoms with Crippen LogP contribution in [0.25, 0.3) is 4.91 Å². The number of allylic oxidation sites excluding steroid dienone is 1. The molecule has 2 amide bonds. The van der Waals surface area contributed by atoms with E-state index in [0.29, 0.717) is 5.57 Å². The summed E-state index contributed by atoms with van der Waals surface area (Å²) < 4.78 is 0. The van der Waals surface area contributed by atoms with Gasteiger partial charge in [0.1, 0.15) is 0 Å². The average Bonchev–Trinajstić information content (AvgIpc) is 3.45. The lowest BCUT2D eigenvalue weighted by atomic mass is 10.0. The number of para-hydroxylation sites is 1. The first-order valence-electron chi connectivity index (χ1n) is 12.0. The zero-order chi connectivity index (χ0) is 24.4. The Balaban J connectivity index is 1.39. The van der Waals surface area contributed by atoms with E-state index < -0.39 is 0 Å². The van der Waals surface area contributed by atoms with Crippen LogP contribution >= 0.6 is 11.8 Å². The molecule has 0 aromatic heterocycles. The van der Waals surface area contributed by atoms with Crippen molar-refractivity contribution >= 4 is 45.6 Å². The number of thioether (sulfide) groups is 1. The number of carbonyl (C=O) groups excluding carboxylic acids is 2. The molecule has 8 heteroatoms. The van der Waals surface area contributed by atoms with Gasteiger partial charge >= 0.3 is 0 Å². The molecular weight excluding hydrogens is 458 g/mol. The summed E-state index contributed by atoms with van der Waals surface area (Å²) in [5.74, 6) is -0.125. The summed E-state index contributed by atoms with van der Waals surface area (Å²) in [4.78, 5) is 29.4. The lowest BCUT2D eigenvalue weighted by Gasteiger charge is -2.22. The summed E-state index contributed by atoms with van der Waals surface area (Å²) >= 11 is 1.63. The fourth-order valence-corrected chi connectivity index (χ4v) is 5.66. The zero-order valence-electron chi connectivity index (χ0n) is 19.9. The molecule has 2 aromatic rings. The normalized spacial score (nSPS) is 21.7. The molecule has 3 aliphatic rings. The van der Waals surface area contributed by atoms with Gasteiger partial charge in [-0.15, -0.1) is 0 Å². The van der Waals surface area contributed by atoms with E-state index in [-0.39, 0.29) is 17.9 Å². The number of hydrogen-bond donors (Lipinski definition) is 3. The van der Waals surface area contributed by atoms with Gasteiger partial charge in [-0.05, 0) is 69.3 Å². The van der Waals surface area contributed by atoms with Gasteiger partial charge in [0.05, 0.1) is 23.0 Å². The third-order valence-electron chi connectivity index (χ3n) is 6.47. The van der Waals surface area contributed by atoms with E-state index in [1.807, 2.05) is 55.6 Å². The number of likely N-dealkylation sites (N-methyl/N-ethyl adjacent to an activating group) is 1. The van der Waals surface area contributed by atoms with Gasteiger partial charge in [0.25, 0.3) is 5.91 Å². The van der Waals surface area contributed by atoms with Crippen molar-refractivity contribution in [2.24, 2.45) is 5.10 Å². The third-order valence-corrected chi connectivity index (χ3v) is 7.54. The predicted molar refractivity (Wildman–Crippen MR) is 142 cm³/mol. The molecule has 3 aliphatic heterocycles. The smallest absolute Gasteiger partial charge is 0.275 e. The van der Waals surface area contributed by atoms with Gasteiger partial charge in [-0.1, -0.05) is 43.3 Å². The molecule has 0 unspecified atom stereocenters. The van der Waals surface area contributed by atoms with Crippen molar-refractivity contribution in [3.05, 3.63) is 71.4 Å². The second-order valence-corrected chi connectivity index (χ2v) is 10.1. The Morgan fingerprint density at radius 2 is 2.00 bits per heavy atom. The van der Waals surface area contributed by atoms with Gasteiger partial charge in [-0.3, -0.25) is 14.5 Å². The van der Waals surface area contributed by atoms with Crippen LogP contribution in [0.2, 0.25) is 0 Å². The van der Waals surface area contributed by atoms with Crippen LogP contribution in [0.3, 0.4) is 0 Å². The first-order chi connectivity index (χ1) is 17.0. The largest absolute Gasteiger partial charge is 0.354 e. The highest BCUT2D eigenvalue weighted by molar-refractivity contribution is 8.08. The first-order valence-corrected chi connectivity index (χ1v) is 12.8. The van der Waals surface area contributed by atoms with E-state index in [0.717, 1.165) is 70.4 Å². The van der Waals surface area contributed by atoms with Crippen LogP contribution in [0.5, 0.6) is 0 Å². The van der Waals surface area contributed by atoms with E-state index in [1.165, 1.54) is 0 Å². The number of hydrazone groups is 1. The second kappa shape index (κ2) is 10.1. The molecule has 3 N–H and O–H groups in total. The summed E-state index contributed by atoms with van der Waals surface area (Å²) in [6, 6.07) is 16.0. The Bertz CT molecular complexity index is 1250. The van der Waals surface area contributed by atoms with Crippen LogP contribution in [0.1, 0.15) is 38.2 Å². The van der Waals surface area contributed by atoms with Crippen molar-refractivity contribution in [2.45, 2.75) is 43.5 Å². The van der Waals surface area contributed by atoms with Crippen LogP contribution in [-0.2, 0) is 9.59 Å². The molecule has 5 rings (SSSR count). The van der Waals surface area contributed by atoms with Gasteiger partial charge in [0, 0.05) is 26.7 Å². The predicted octanol–water partition coefficient (Wildman–Crippen LogP) is 4.82. The van der Waals surface area contributed by atoms with Crippen molar-refractivity contribution < 1.29 is 9.59 Å². The number of benzene rings is 2. The first kappa shape index (κ1) is 23.4. The fourth-order valence-electron chi connectivity index (χ4n) is 4.67. The molecule has 7 nitrogen and oxygen atoms in total. The summed E-state index contributed by atoms with van der Waals surface area (Å²) in [5.41, 5.74) is 7.60. The van der Waals surface area contributed by atoms with Crippen molar-refractivity contribution in [1.29, 1.82) is 0 Å². The van der Waals surface area contributed by atoms with E-state index in [1.54, 1.807) is 11.8 Å². The van der Waals surface area contributed by atoms with E-state index in [2.05, 4.69) is 39.1 Å². The zero-order valence-corrected chi connectivity index (χ0v) is 20.7. The van der Waals surface area contributed by atoms with Crippen molar-refractivity contribution in [3.63, 3.8) is 0 Å². The molecule has 180 valence electrons. The van der Waals surface area contributed by atoms with E-state index >= 15 is 0 Å². The second-order valence-electron chi connectivity index (χ2n) is 8.97. The van der Waals surface area contributed by atoms with E-state index in [9.17, 15) is 9.59 Å². The standard InChI is InChI=1S/C27H29N5O2S/c1-3-7-21-25(27(34)31-30-21)22-16-24(19-8-4-5-9-20(19)29-22)35-18-13-11-17(12-14-18)28-26(33)23-10-6-15-32(23)2/h4-5,8-9,11-14,16,23,29H,3,6-7,10,15H2,1-2H3,(H,28,33)(H,31,34)/b25-22-/t23-/m1/s1. The molecule has 0 bridgehead atoms. The molecule has 0 radical (unpaired) electrons. The number of carbonyl (C=O) groups is 2. The van der Waals surface area contributed by atoms with Crippen molar-refractivity contribution in [2.75, 3.05) is 24.2 Å². The summed E-state index contributed by atoms with van der Waals surface area (Å²) in [6.07, 6.45) is 5.64. The van der Waals surface area contributed by atoms with Crippen LogP contribution in [-0.4, -0.2) is 42.1 Å². The van der Waals surface area contributed by atoms with Crippen molar-refractivity contribution in [3.8, 4) is 0 Å². The Hall–Kier alpha value is -3.36. The Morgan fingerprint density at radius 3 is 2.74 bits per heavy atom. The molecular formula is C27H29N5O2S. The van der Waals surface area contributed by atoms with Gasteiger partial charge in [0.15, 0.2) is 0 Å². The highest BCUT2D eigenvalue weighted by Gasteiger charge is 2.29. The summed E-state index contributed by atoms with van der Waals surface area (Å²) in [7, 11) is 2.00. The van der Waals surface area contributed by atoms with Crippen LogP contribution < -0.4 is 16.1 Å². The van der Waals surface area contributed by atoms with Crippen LogP contribution in [0, 0.1) is 0 Å². The quantitative estimate of drug-likeness (QED) is 0.509. The number of rotatable bonds is 6. The Morgan fingerprint density at radius 1 is 1.20 bits per heavy atom. The van der Waals surface area contributed by atoms with Gasteiger partial charge in [-0.25, -0.2) is 5.43 Å². The van der Waals surface area contributed by atoms with Crippen LogP contribution in [0.15, 0.2) is 75.9 Å². The number of nitrogens with one attached hydrogen (secondary N) is 3. The van der Waals surface area contributed by atoms with E-state index in [4.69, 9.17) is 0 Å². The maximum Gasteiger partial charge on any atom is 0.275 e. The maximum absolute atomic E-state index is 12.6. The number of nitrogens with zero attached hydrogens (tertiary/aromatic N) is 2. The SMILES string of the molecule is CCCC1=NNC(=O)/C1=C1/C=C(Sc2ccc(NC(=O)[C@H]3CCCN3C)cc2)c2ccccc2N1. The molecule has 2 aromatic carbocycles. The molecule has 0 spiro atoms. The van der Waals surface area contributed by atoms with Gasteiger partial charge < -0.3 is 10.6 Å². The topological polar surface area (TPSA) is 85.8 Å². The minimum Gasteiger partial charge on any atom is -0.354 e.